The van der Waals surface area contributed by atoms with Crippen LogP contribution in [0, 0.1) is 6.92 Å². The number of aromatic amines is 1. The largest absolute Gasteiger partial charge is 0.307 e. The summed E-state index contributed by atoms with van der Waals surface area (Å²) in [6.45, 7) is 3.48. The minimum Gasteiger partial charge on any atom is -0.307 e. The third kappa shape index (κ3) is 4.27. The molecule has 4 rings (SSSR count). The van der Waals surface area contributed by atoms with E-state index in [1.54, 1.807) is 0 Å². The van der Waals surface area contributed by atoms with Crippen molar-refractivity contribution in [1.29, 1.82) is 0 Å². The summed E-state index contributed by atoms with van der Waals surface area (Å²) in [4.78, 5) is 8.98. The molecule has 5 heteroatoms. The van der Waals surface area contributed by atoms with Crippen molar-refractivity contribution in [2.75, 3.05) is 0 Å². The van der Waals surface area contributed by atoms with Gasteiger partial charge in [-0.05, 0) is 19.1 Å². The zero-order valence-electron chi connectivity index (χ0n) is 15.2. The molecule has 27 heavy (non-hydrogen) atoms. The first-order valence-corrected chi connectivity index (χ1v) is 8.96. The van der Waals surface area contributed by atoms with Crippen molar-refractivity contribution in [3.05, 3.63) is 89.9 Å². The molecule has 134 valence electrons. The Bertz CT molecular complexity index is 1010. The van der Waals surface area contributed by atoms with Crippen LogP contribution < -0.4 is 5.32 Å². The highest BCUT2D eigenvalue weighted by molar-refractivity contribution is 5.59. The lowest BCUT2D eigenvalue weighted by atomic mass is 10.1. The van der Waals surface area contributed by atoms with Gasteiger partial charge in [-0.1, -0.05) is 54.1 Å². The van der Waals surface area contributed by atoms with Gasteiger partial charge in [-0.2, -0.15) is 5.10 Å². The highest BCUT2D eigenvalue weighted by atomic mass is 15.1. The van der Waals surface area contributed by atoms with Crippen molar-refractivity contribution in [1.82, 2.24) is 25.5 Å². The fourth-order valence-corrected chi connectivity index (χ4v) is 2.93. The van der Waals surface area contributed by atoms with Gasteiger partial charge in [0.1, 0.15) is 0 Å². The van der Waals surface area contributed by atoms with E-state index in [9.17, 15) is 0 Å². The molecular formula is C22H21N5. The molecule has 0 unspecified atom stereocenters. The third-order valence-corrected chi connectivity index (χ3v) is 4.33. The van der Waals surface area contributed by atoms with Crippen LogP contribution in [0.25, 0.3) is 22.6 Å². The van der Waals surface area contributed by atoms with Gasteiger partial charge in [-0.25, -0.2) is 9.97 Å². The summed E-state index contributed by atoms with van der Waals surface area (Å²) in [5, 5.41) is 10.9. The molecule has 2 N–H and O–H groups in total. The normalized spacial score (nSPS) is 10.9. The van der Waals surface area contributed by atoms with E-state index in [1.807, 2.05) is 42.7 Å². The summed E-state index contributed by atoms with van der Waals surface area (Å²) in [6, 6.07) is 20.4. The molecule has 2 aromatic carbocycles. The molecule has 0 aliphatic carbocycles. The summed E-state index contributed by atoms with van der Waals surface area (Å²) in [7, 11) is 0. The van der Waals surface area contributed by atoms with Crippen molar-refractivity contribution in [3.63, 3.8) is 0 Å². The van der Waals surface area contributed by atoms with Crippen LogP contribution >= 0.6 is 0 Å². The molecule has 0 saturated heterocycles. The number of aromatic nitrogens is 4. The van der Waals surface area contributed by atoms with Crippen LogP contribution in [0.1, 0.15) is 16.8 Å². The van der Waals surface area contributed by atoms with Crippen LogP contribution in [0.4, 0.5) is 0 Å². The Morgan fingerprint density at radius 3 is 2.41 bits per heavy atom. The predicted molar refractivity (Wildman–Crippen MR) is 107 cm³/mol. The van der Waals surface area contributed by atoms with Gasteiger partial charge in [0.25, 0.3) is 0 Å². The summed E-state index contributed by atoms with van der Waals surface area (Å²) in [6.07, 6.45) is 3.75. The first kappa shape index (κ1) is 17.1. The van der Waals surface area contributed by atoms with Crippen molar-refractivity contribution >= 4 is 0 Å². The van der Waals surface area contributed by atoms with Gasteiger partial charge >= 0.3 is 0 Å². The van der Waals surface area contributed by atoms with E-state index in [2.05, 4.69) is 62.7 Å². The third-order valence-electron chi connectivity index (χ3n) is 4.33. The maximum absolute atomic E-state index is 4.49. The van der Waals surface area contributed by atoms with Gasteiger partial charge in [-0.15, -0.1) is 0 Å². The van der Waals surface area contributed by atoms with Gasteiger partial charge in [-0.3, -0.25) is 5.10 Å². The average molecular weight is 355 g/mol. The molecule has 0 aliphatic heterocycles. The Morgan fingerprint density at radius 2 is 1.63 bits per heavy atom. The molecule has 5 nitrogen and oxygen atoms in total. The number of rotatable bonds is 6. The SMILES string of the molecule is Cc1cccc(-c2ncc(CNCc3cc(-c4ccccc4)n[nH]3)cn2)c1. The predicted octanol–water partition coefficient (Wildman–Crippen LogP) is 4.13. The molecule has 0 saturated carbocycles. The van der Waals surface area contributed by atoms with Crippen LogP contribution in [-0.2, 0) is 13.1 Å². The summed E-state index contributed by atoms with van der Waals surface area (Å²) in [5.41, 5.74) is 6.41. The van der Waals surface area contributed by atoms with Gasteiger partial charge in [0.15, 0.2) is 5.82 Å². The van der Waals surface area contributed by atoms with E-state index in [-0.39, 0.29) is 0 Å². The summed E-state index contributed by atoms with van der Waals surface area (Å²) < 4.78 is 0. The smallest absolute Gasteiger partial charge is 0.159 e. The minimum atomic E-state index is 0.702. The summed E-state index contributed by atoms with van der Waals surface area (Å²) in [5.74, 6) is 0.753. The molecule has 4 aromatic rings. The van der Waals surface area contributed by atoms with Gasteiger partial charge in [0, 0.05) is 47.9 Å². The maximum Gasteiger partial charge on any atom is 0.159 e. The van der Waals surface area contributed by atoms with Crippen molar-refractivity contribution in [3.8, 4) is 22.6 Å². The van der Waals surface area contributed by atoms with E-state index < -0.39 is 0 Å². The standard InChI is InChI=1S/C22H21N5/c1-16-6-5-9-19(10-16)22-24-13-17(14-25-22)12-23-15-20-11-21(27-26-20)18-7-3-2-4-8-18/h2-11,13-14,23H,12,15H2,1H3,(H,26,27). The van der Waals surface area contributed by atoms with Crippen LogP contribution in [-0.4, -0.2) is 20.2 Å². The summed E-state index contributed by atoms with van der Waals surface area (Å²) >= 11 is 0. The van der Waals surface area contributed by atoms with Crippen LogP contribution in [0.15, 0.2) is 73.1 Å². The molecule has 0 aliphatic rings. The van der Waals surface area contributed by atoms with Crippen molar-refractivity contribution in [2.45, 2.75) is 20.0 Å². The molecule has 0 amide bonds. The first-order chi connectivity index (χ1) is 13.3. The number of H-pyrrole nitrogens is 1. The second-order valence-corrected chi connectivity index (χ2v) is 6.53. The molecule has 0 fully saturated rings. The molecule has 0 atom stereocenters. The van der Waals surface area contributed by atoms with Gasteiger partial charge < -0.3 is 5.32 Å². The Kier molecular flexibility index (Phi) is 5.03. The van der Waals surface area contributed by atoms with Gasteiger partial charge in [0.2, 0.25) is 0 Å². The molecular weight excluding hydrogens is 334 g/mol. The Morgan fingerprint density at radius 1 is 0.852 bits per heavy atom. The lowest BCUT2D eigenvalue weighted by molar-refractivity contribution is 0.673. The number of nitrogens with one attached hydrogen (secondary N) is 2. The maximum atomic E-state index is 4.49. The highest BCUT2D eigenvalue weighted by Gasteiger charge is 2.04. The monoisotopic (exact) mass is 355 g/mol. The van der Waals surface area contributed by atoms with Gasteiger partial charge in [0.05, 0.1) is 5.69 Å². The van der Waals surface area contributed by atoms with Crippen molar-refractivity contribution < 1.29 is 0 Å². The highest BCUT2D eigenvalue weighted by Crippen LogP contribution is 2.17. The van der Waals surface area contributed by atoms with E-state index in [1.165, 1.54) is 5.56 Å². The molecule has 2 aromatic heterocycles. The number of hydrogen-bond acceptors (Lipinski definition) is 4. The van der Waals surface area contributed by atoms with Crippen LogP contribution in [0.5, 0.6) is 0 Å². The number of hydrogen-bond donors (Lipinski definition) is 2. The van der Waals surface area contributed by atoms with E-state index in [4.69, 9.17) is 0 Å². The van der Waals surface area contributed by atoms with E-state index in [0.717, 1.165) is 33.9 Å². The van der Waals surface area contributed by atoms with Crippen LogP contribution in [0.3, 0.4) is 0 Å². The minimum absolute atomic E-state index is 0.702. The Hall–Kier alpha value is -3.31. The number of aryl methyl sites for hydroxylation is 1. The molecule has 0 spiro atoms. The quantitative estimate of drug-likeness (QED) is 0.546. The number of nitrogens with zero attached hydrogens (tertiary/aromatic N) is 3. The van der Waals surface area contributed by atoms with E-state index >= 15 is 0 Å². The molecule has 0 radical (unpaired) electrons. The second-order valence-electron chi connectivity index (χ2n) is 6.53. The zero-order valence-corrected chi connectivity index (χ0v) is 15.2. The zero-order chi connectivity index (χ0) is 18.5. The first-order valence-electron chi connectivity index (χ1n) is 8.96. The fraction of sp³-hybridized carbons (Fsp3) is 0.136. The lowest BCUT2D eigenvalue weighted by Crippen LogP contribution is -2.13. The van der Waals surface area contributed by atoms with Crippen molar-refractivity contribution in [2.24, 2.45) is 0 Å². The van der Waals surface area contributed by atoms with Crippen LogP contribution in [0.2, 0.25) is 0 Å². The second kappa shape index (κ2) is 7.93. The average Bonchev–Trinajstić information content (AvgIpc) is 3.18. The Labute approximate surface area is 158 Å². The van der Waals surface area contributed by atoms with E-state index in [0.29, 0.717) is 13.1 Å². The number of benzene rings is 2. The molecule has 2 heterocycles. The fourth-order valence-electron chi connectivity index (χ4n) is 2.93. The Balaban J connectivity index is 1.34. The topological polar surface area (TPSA) is 66.5 Å². The lowest BCUT2D eigenvalue weighted by Gasteiger charge is -2.05. The molecule has 0 bridgehead atoms.